The number of H-pyrrole nitrogens is 1. The van der Waals surface area contributed by atoms with Gasteiger partial charge in [0.25, 0.3) is 5.56 Å². The Labute approximate surface area is 135 Å². The van der Waals surface area contributed by atoms with Crippen LogP contribution < -0.4 is 10.5 Å². The molecule has 1 aliphatic heterocycles. The molecule has 0 saturated carbocycles. The Balaban J connectivity index is 2.11. The molecule has 1 fully saturated rings. The van der Waals surface area contributed by atoms with Crippen LogP contribution in [0.5, 0.6) is 0 Å². The summed E-state index contributed by atoms with van der Waals surface area (Å²) in [6.45, 7) is 9.65. The van der Waals surface area contributed by atoms with E-state index in [1.165, 1.54) is 6.92 Å². The highest BCUT2D eigenvalue weighted by Gasteiger charge is 2.27. The Hall–Kier alpha value is -2.17. The van der Waals surface area contributed by atoms with E-state index < -0.39 is 0 Å². The number of hydrogen-bond acceptors (Lipinski definition) is 4. The molecule has 1 N–H and O–H groups in total. The van der Waals surface area contributed by atoms with E-state index in [0.29, 0.717) is 27.8 Å². The van der Waals surface area contributed by atoms with Crippen molar-refractivity contribution in [1.29, 1.82) is 0 Å². The van der Waals surface area contributed by atoms with Crippen LogP contribution in [0.4, 0.5) is 5.95 Å². The number of piperidine rings is 1. The zero-order chi connectivity index (χ0) is 16.8. The topological polar surface area (TPSA) is 66.1 Å². The third-order valence-electron chi connectivity index (χ3n) is 4.74. The van der Waals surface area contributed by atoms with E-state index in [1.807, 2.05) is 6.92 Å². The van der Waals surface area contributed by atoms with Gasteiger partial charge in [-0.15, -0.1) is 0 Å². The van der Waals surface area contributed by atoms with Gasteiger partial charge in [0, 0.05) is 18.7 Å². The van der Waals surface area contributed by atoms with Crippen LogP contribution in [0.3, 0.4) is 0 Å². The first kappa shape index (κ1) is 15.7. The van der Waals surface area contributed by atoms with Crippen LogP contribution in [-0.4, -0.2) is 28.8 Å². The van der Waals surface area contributed by atoms with Crippen molar-refractivity contribution in [2.75, 3.05) is 18.0 Å². The van der Waals surface area contributed by atoms with Crippen molar-refractivity contribution in [2.45, 2.75) is 40.5 Å². The average Bonchev–Trinajstić information content (AvgIpc) is 2.47. The van der Waals surface area contributed by atoms with E-state index >= 15 is 0 Å². The highest BCUT2D eigenvalue weighted by Crippen LogP contribution is 2.31. The number of carbonyl (C=O) groups is 1. The second-order valence-electron chi connectivity index (χ2n) is 7.31. The lowest BCUT2D eigenvalue weighted by Crippen LogP contribution is -2.39. The van der Waals surface area contributed by atoms with Crippen molar-refractivity contribution >= 4 is 22.6 Å². The van der Waals surface area contributed by atoms with Gasteiger partial charge in [0.1, 0.15) is 0 Å². The number of aromatic amines is 1. The number of nitrogens with one attached hydrogen (secondary N) is 1. The number of hydrogen-bond donors (Lipinski definition) is 1. The lowest BCUT2D eigenvalue weighted by molar-refractivity contribution is 0.101. The van der Waals surface area contributed by atoms with Crippen molar-refractivity contribution in [2.24, 2.45) is 5.41 Å². The number of anilines is 1. The molecule has 0 atom stereocenters. The molecule has 0 radical (unpaired) electrons. The molecule has 5 heteroatoms. The van der Waals surface area contributed by atoms with Crippen LogP contribution in [0.2, 0.25) is 0 Å². The van der Waals surface area contributed by atoms with Crippen LogP contribution in [0.1, 0.15) is 49.5 Å². The molecule has 0 spiro atoms. The van der Waals surface area contributed by atoms with Crippen LogP contribution in [0.25, 0.3) is 10.9 Å². The number of fused-ring (bicyclic) bond motifs is 1. The largest absolute Gasteiger partial charge is 0.342 e. The van der Waals surface area contributed by atoms with Crippen molar-refractivity contribution in [3.05, 3.63) is 33.6 Å². The second kappa shape index (κ2) is 5.48. The van der Waals surface area contributed by atoms with Crippen molar-refractivity contribution in [3.63, 3.8) is 0 Å². The minimum atomic E-state index is -0.180. The predicted molar refractivity (Wildman–Crippen MR) is 92.3 cm³/mol. The number of aromatic nitrogens is 2. The first-order chi connectivity index (χ1) is 10.8. The molecule has 0 bridgehead atoms. The maximum absolute atomic E-state index is 12.5. The summed E-state index contributed by atoms with van der Waals surface area (Å²) in [6, 6.07) is 3.59. The first-order valence-corrected chi connectivity index (χ1v) is 8.07. The first-order valence-electron chi connectivity index (χ1n) is 8.07. The van der Waals surface area contributed by atoms with E-state index in [-0.39, 0.29) is 11.3 Å². The Morgan fingerprint density at radius 2 is 1.91 bits per heavy atom. The fraction of sp³-hybridized carbons (Fsp3) is 0.500. The Bertz CT molecular complexity index is 826. The normalized spacial score (nSPS) is 17.5. The highest BCUT2D eigenvalue weighted by molar-refractivity contribution is 6.05. The number of aryl methyl sites for hydroxylation is 1. The van der Waals surface area contributed by atoms with Crippen LogP contribution >= 0.6 is 0 Å². The summed E-state index contributed by atoms with van der Waals surface area (Å²) in [4.78, 5) is 34.0. The summed E-state index contributed by atoms with van der Waals surface area (Å²) >= 11 is 0. The smallest absolute Gasteiger partial charge is 0.260 e. The number of Topliss-reactive ketones (excluding diaryl/α,β-unsaturated/α-hetero) is 1. The van der Waals surface area contributed by atoms with Gasteiger partial charge in [-0.1, -0.05) is 13.8 Å². The van der Waals surface area contributed by atoms with Crippen LogP contribution in [-0.2, 0) is 0 Å². The highest BCUT2D eigenvalue weighted by atomic mass is 16.1. The second-order valence-corrected chi connectivity index (χ2v) is 7.31. The molecule has 0 unspecified atom stereocenters. The van der Waals surface area contributed by atoms with Gasteiger partial charge in [-0.25, -0.2) is 4.98 Å². The molecule has 1 saturated heterocycles. The number of nitrogens with zero attached hydrogens (tertiary/aromatic N) is 2. The number of ketones is 1. The summed E-state index contributed by atoms with van der Waals surface area (Å²) in [5.41, 5.74) is 2.06. The molecule has 1 aliphatic rings. The van der Waals surface area contributed by atoms with Gasteiger partial charge in [-0.2, -0.15) is 0 Å². The van der Waals surface area contributed by atoms with E-state index in [2.05, 4.69) is 28.7 Å². The minimum absolute atomic E-state index is 0.0671. The maximum atomic E-state index is 12.5. The van der Waals surface area contributed by atoms with Crippen molar-refractivity contribution in [3.8, 4) is 0 Å². The Kier molecular flexibility index (Phi) is 3.74. The molecule has 3 rings (SSSR count). The minimum Gasteiger partial charge on any atom is -0.342 e. The fourth-order valence-corrected chi connectivity index (χ4v) is 3.12. The lowest BCUT2D eigenvalue weighted by atomic mass is 9.83. The van der Waals surface area contributed by atoms with Crippen LogP contribution in [0.15, 0.2) is 16.9 Å². The lowest BCUT2D eigenvalue weighted by Gasteiger charge is -2.37. The third-order valence-corrected chi connectivity index (χ3v) is 4.74. The van der Waals surface area contributed by atoms with Gasteiger partial charge in [0.05, 0.1) is 10.9 Å². The van der Waals surface area contributed by atoms with Gasteiger partial charge >= 0.3 is 0 Å². The molecule has 2 heterocycles. The van der Waals surface area contributed by atoms with E-state index in [1.54, 1.807) is 12.1 Å². The maximum Gasteiger partial charge on any atom is 0.260 e. The van der Waals surface area contributed by atoms with Crippen LogP contribution in [0, 0.1) is 12.3 Å². The average molecular weight is 313 g/mol. The van der Waals surface area contributed by atoms with Gasteiger partial charge in [-0.05, 0) is 49.8 Å². The number of benzene rings is 1. The summed E-state index contributed by atoms with van der Waals surface area (Å²) in [5, 5.41) is 0.483. The summed E-state index contributed by atoms with van der Waals surface area (Å²) in [7, 11) is 0. The summed E-state index contributed by atoms with van der Waals surface area (Å²) < 4.78 is 0. The standard InChI is InChI=1S/C18H23N3O2/c1-11-9-13(12(2)22)15-14(10-11)16(23)20-17(19-15)21-7-5-18(3,4)6-8-21/h9-10H,5-8H2,1-4H3,(H,19,20,23). The fourth-order valence-electron chi connectivity index (χ4n) is 3.12. The Morgan fingerprint density at radius 1 is 1.26 bits per heavy atom. The molecule has 0 aliphatic carbocycles. The monoisotopic (exact) mass is 313 g/mol. The Morgan fingerprint density at radius 3 is 2.52 bits per heavy atom. The summed E-state index contributed by atoms with van der Waals surface area (Å²) in [6.07, 6.45) is 2.12. The zero-order valence-corrected chi connectivity index (χ0v) is 14.2. The molecule has 1 aromatic carbocycles. The number of rotatable bonds is 2. The SMILES string of the molecule is CC(=O)c1cc(C)cc2c(=O)[nH]c(N3CCC(C)(C)CC3)nc12. The molecule has 0 amide bonds. The zero-order valence-electron chi connectivity index (χ0n) is 14.2. The molecule has 23 heavy (non-hydrogen) atoms. The van der Waals surface area contributed by atoms with E-state index in [9.17, 15) is 9.59 Å². The van der Waals surface area contributed by atoms with Gasteiger partial charge in [-0.3, -0.25) is 14.6 Å². The quantitative estimate of drug-likeness (QED) is 0.865. The van der Waals surface area contributed by atoms with Crippen molar-refractivity contribution in [1.82, 2.24) is 9.97 Å². The number of carbonyl (C=O) groups excluding carboxylic acids is 1. The summed E-state index contributed by atoms with van der Waals surface area (Å²) in [5.74, 6) is 0.506. The van der Waals surface area contributed by atoms with Gasteiger partial charge in [0.2, 0.25) is 5.95 Å². The van der Waals surface area contributed by atoms with E-state index in [0.717, 1.165) is 31.5 Å². The molecule has 1 aromatic heterocycles. The van der Waals surface area contributed by atoms with Gasteiger partial charge < -0.3 is 4.90 Å². The van der Waals surface area contributed by atoms with Gasteiger partial charge in [0.15, 0.2) is 5.78 Å². The molecular formula is C18H23N3O2. The predicted octanol–water partition coefficient (Wildman–Crippen LogP) is 3.06. The molecule has 2 aromatic rings. The molecule has 5 nitrogen and oxygen atoms in total. The molecular weight excluding hydrogens is 290 g/mol. The van der Waals surface area contributed by atoms with Crippen molar-refractivity contribution < 1.29 is 4.79 Å². The molecule has 122 valence electrons. The third kappa shape index (κ3) is 3.00. The van der Waals surface area contributed by atoms with E-state index in [4.69, 9.17) is 0 Å².